The standard InChI is InChI=1S/C14H14Br2N2O2S/c1-9(10-2-5-12(17)6-3-10)18-21(19,20)14-7-4-11(15)8-13(14)16/h2-9,18H,17H2,1H3. The van der Waals surface area contributed by atoms with Crippen molar-refractivity contribution < 1.29 is 8.42 Å². The van der Waals surface area contributed by atoms with E-state index in [1.807, 2.05) is 0 Å². The van der Waals surface area contributed by atoms with Crippen LogP contribution in [-0.4, -0.2) is 8.42 Å². The molecule has 0 heterocycles. The highest BCUT2D eigenvalue weighted by Gasteiger charge is 2.21. The lowest BCUT2D eigenvalue weighted by atomic mass is 10.1. The SMILES string of the molecule is CC(NS(=O)(=O)c1ccc(Br)cc1Br)c1ccc(N)cc1. The second-order valence-corrected chi connectivity index (χ2v) is 8.04. The zero-order chi connectivity index (χ0) is 15.6. The fraction of sp³-hybridized carbons (Fsp3) is 0.143. The van der Waals surface area contributed by atoms with Gasteiger partial charge in [-0.05, 0) is 58.7 Å². The molecule has 0 saturated heterocycles. The van der Waals surface area contributed by atoms with Crippen LogP contribution in [0, 0.1) is 0 Å². The summed E-state index contributed by atoms with van der Waals surface area (Å²) in [4.78, 5) is 0.202. The van der Waals surface area contributed by atoms with Crippen molar-refractivity contribution in [3.05, 3.63) is 57.0 Å². The molecule has 7 heteroatoms. The van der Waals surface area contributed by atoms with Crippen LogP contribution in [0.2, 0.25) is 0 Å². The molecule has 3 N–H and O–H groups in total. The van der Waals surface area contributed by atoms with Crippen molar-refractivity contribution in [3.63, 3.8) is 0 Å². The fourth-order valence-corrected chi connectivity index (χ4v) is 4.82. The molecule has 2 aromatic rings. The van der Waals surface area contributed by atoms with E-state index in [9.17, 15) is 8.42 Å². The van der Waals surface area contributed by atoms with Crippen LogP contribution in [0.1, 0.15) is 18.5 Å². The fourth-order valence-electron chi connectivity index (χ4n) is 1.84. The molecular formula is C14H14Br2N2O2S. The monoisotopic (exact) mass is 432 g/mol. The maximum atomic E-state index is 12.4. The molecule has 0 saturated carbocycles. The summed E-state index contributed by atoms with van der Waals surface area (Å²) < 4.78 is 28.8. The molecule has 4 nitrogen and oxygen atoms in total. The minimum atomic E-state index is -3.61. The van der Waals surface area contributed by atoms with Crippen molar-refractivity contribution in [3.8, 4) is 0 Å². The Kier molecular flexibility index (Phi) is 5.08. The summed E-state index contributed by atoms with van der Waals surface area (Å²) in [6.07, 6.45) is 0. The van der Waals surface area contributed by atoms with Gasteiger partial charge >= 0.3 is 0 Å². The van der Waals surface area contributed by atoms with E-state index in [0.717, 1.165) is 10.0 Å². The molecule has 1 unspecified atom stereocenters. The minimum absolute atomic E-state index is 0.202. The second kappa shape index (κ2) is 6.48. The van der Waals surface area contributed by atoms with E-state index in [0.29, 0.717) is 10.2 Å². The van der Waals surface area contributed by atoms with Gasteiger partial charge in [0.1, 0.15) is 0 Å². The number of hydrogen-bond donors (Lipinski definition) is 2. The largest absolute Gasteiger partial charge is 0.399 e. The number of sulfonamides is 1. The van der Waals surface area contributed by atoms with E-state index >= 15 is 0 Å². The molecular weight excluding hydrogens is 420 g/mol. The van der Waals surface area contributed by atoms with Gasteiger partial charge in [-0.3, -0.25) is 0 Å². The van der Waals surface area contributed by atoms with Gasteiger partial charge in [0.2, 0.25) is 10.0 Å². The zero-order valence-electron chi connectivity index (χ0n) is 11.2. The molecule has 2 aromatic carbocycles. The number of rotatable bonds is 4. The average molecular weight is 434 g/mol. The van der Waals surface area contributed by atoms with Crippen molar-refractivity contribution >= 4 is 47.6 Å². The Morgan fingerprint density at radius 3 is 2.29 bits per heavy atom. The van der Waals surface area contributed by atoms with Crippen LogP contribution >= 0.6 is 31.9 Å². The van der Waals surface area contributed by atoms with Gasteiger partial charge in [-0.25, -0.2) is 13.1 Å². The number of halogens is 2. The summed E-state index contributed by atoms with van der Waals surface area (Å²) >= 11 is 6.57. The molecule has 0 fully saturated rings. The lowest BCUT2D eigenvalue weighted by Gasteiger charge is -2.15. The lowest BCUT2D eigenvalue weighted by Crippen LogP contribution is -2.27. The molecule has 0 bridgehead atoms. The van der Waals surface area contributed by atoms with Crippen LogP contribution in [0.3, 0.4) is 0 Å². The molecule has 1 atom stereocenters. The number of anilines is 1. The highest BCUT2D eigenvalue weighted by atomic mass is 79.9. The summed E-state index contributed by atoms with van der Waals surface area (Å²) in [5, 5.41) is 0. The van der Waals surface area contributed by atoms with Gasteiger partial charge in [-0.2, -0.15) is 0 Å². The molecule has 112 valence electrons. The normalized spacial score (nSPS) is 13.1. The predicted octanol–water partition coefficient (Wildman–Crippen LogP) is 3.83. The molecule has 0 aliphatic heterocycles. The molecule has 0 radical (unpaired) electrons. The first-order chi connectivity index (χ1) is 9.79. The summed E-state index contributed by atoms with van der Waals surface area (Å²) in [6, 6.07) is 11.7. The molecule has 0 amide bonds. The highest BCUT2D eigenvalue weighted by molar-refractivity contribution is 9.11. The Morgan fingerprint density at radius 2 is 1.71 bits per heavy atom. The van der Waals surface area contributed by atoms with E-state index in [1.54, 1.807) is 49.4 Å². The highest BCUT2D eigenvalue weighted by Crippen LogP contribution is 2.27. The smallest absolute Gasteiger partial charge is 0.242 e. The first kappa shape index (κ1) is 16.5. The topological polar surface area (TPSA) is 72.2 Å². The quantitative estimate of drug-likeness (QED) is 0.719. The van der Waals surface area contributed by atoms with E-state index in [2.05, 4.69) is 36.6 Å². The number of hydrogen-bond acceptors (Lipinski definition) is 3. The van der Waals surface area contributed by atoms with Gasteiger partial charge < -0.3 is 5.73 Å². The van der Waals surface area contributed by atoms with Crippen LogP contribution in [0.5, 0.6) is 0 Å². The van der Waals surface area contributed by atoms with Crippen LogP contribution in [-0.2, 0) is 10.0 Å². The molecule has 0 spiro atoms. The Bertz CT molecular complexity index is 746. The number of nitrogens with one attached hydrogen (secondary N) is 1. The van der Waals surface area contributed by atoms with Gasteiger partial charge in [-0.15, -0.1) is 0 Å². The molecule has 2 rings (SSSR count). The van der Waals surface area contributed by atoms with Crippen molar-refractivity contribution in [2.24, 2.45) is 0 Å². The summed E-state index contributed by atoms with van der Waals surface area (Å²) in [6.45, 7) is 1.79. The summed E-state index contributed by atoms with van der Waals surface area (Å²) in [5.41, 5.74) is 7.12. The predicted molar refractivity (Wildman–Crippen MR) is 91.4 cm³/mol. The van der Waals surface area contributed by atoms with E-state index in [4.69, 9.17) is 5.73 Å². The van der Waals surface area contributed by atoms with Crippen LogP contribution in [0.4, 0.5) is 5.69 Å². The van der Waals surface area contributed by atoms with Crippen LogP contribution < -0.4 is 10.5 Å². The van der Waals surface area contributed by atoms with Crippen molar-refractivity contribution in [1.82, 2.24) is 4.72 Å². The Morgan fingerprint density at radius 1 is 1.10 bits per heavy atom. The summed E-state index contributed by atoms with van der Waals surface area (Å²) in [7, 11) is -3.61. The number of nitrogens with two attached hydrogens (primary N) is 1. The minimum Gasteiger partial charge on any atom is -0.399 e. The third kappa shape index (κ3) is 4.06. The lowest BCUT2D eigenvalue weighted by molar-refractivity contribution is 0.566. The maximum absolute atomic E-state index is 12.4. The molecule has 21 heavy (non-hydrogen) atoms. The second-order valence-electron chi connectivity index (χ2n) is 4.58. The zero-order valence-corrected chi connectivity index (χ0v) is 15.2. The Balaban J connectivity index is 2.26. The van der Waals surface area contributed by atoms with Crippen molar-refractivity contribution in [2.75, 3.05) is 5.73 Å². The van der Waals surface area contributed by atoms with Gasteiger partial charge in [0.05, 0.1) is 4.90 Å². The van der Waals surface area contributed by atoms with Crippen LogP contribution in [0.25, 0.3) is 0 Å². The molecule has 0 aromatic heterocycles. The number of nitrogen functional groups attached to an aromatic ring is 1. The Hall–Kier alpha value is -0.890. The third-order valence-corrected chi connectivity index (χ3v) is 5.96. The Labute approximate surface area is 141 Å². The van der Waals surface area contributed by atoms with Crippen molar-refractivity contribution in [1.29, 1.82) is 0 Å². The van der Waals surface area contributed by atoms with Gasteiger partial charge in [-0.1, -0.05) is 28.1 Å². The third-order valence-electron chi connectivity index (χ3n) is 2.95. The average Bonchev–Trinajstić information content (AvgIpc) is 2.38. The molecule has 0 aliphatic carbocycles. The van der Waals surface area contributed by atoms with E-state index < -0.39 is 10.0 Å². The maximum Gasteiger partial charge on any atom is 0.242 e. The summed E-state index contributed by atoms with van der Waals surface area (Å²) in [5.74, 6) is 0. The van der Waals surface area contributed by atoms with E-state index in [-0.39, 0.29) is 10.9 Å². The van der Waals surface area contributed by atoms with E-state index in [1.165, 1.54) is 0 Å². The van der Waals surface area contributed by atoms with Gasteiger partial charge in [0.15, 0.2) is 0 Å². The first-order valence-electron chi connectivity index (χ1n) is 6.12. The number of benzene rings is 2. The van der Waals surface area contributed by atoms with Crippen molar-refractivity contribution in [2.45, 2.75) is 17.9 Å². The first-order valence-corrected chi connectivity index (χ1v) is 9.19. The van der Waals surface area contributed by atoms with Crippen LogP contribution in [0.15, 0.2) is 56.3 Å². The molecule has 0 aliphatic rings. The van der Waals surface area contributed by atoms with Gasteiger partial charge in [0, 0.05) is 20.7 Å². The van der Waals surface area contributed by atoms with Gasteiger partial charge in [0.25, 0.3) is 0 Å².